The Kier molecular flexibility index (Phi) is 5.32. The molecule has 30 heavy (non-hydrogen) atoms. The Morgan fingerprint density at radius 3 is 2.07 bits per heavy atom. The van der Waals surface area contributed by atoms with Gasteiger partial charge < -0.3 is 4.90 Å². The van der Waals surface area contributed by atoms with Gasteiger partial charge in [-0.15, -0.1) is 0 Å². The van der Waals surface area contributed by atoms with Crippen LogP contribution in [0.3, 0.4) is 0 Å². The van der Waals surface area contributed by atoms with E-state index in [1.807, 2.05) is 20.8 Å². The highest BCUT2D eigenvalue weighted by Gasteiger charge is 2.50. The second-order valence-electron chi connectivity index (χ2n) is 10.6. The van der Waals surface area contributed by atoms with Crippen LogP contribution in [0.5, 0.6) is 0 Å². The lowest BCUT2D eigenvalue weighted by Gasteiger charge is -2.49. The fraction of sp³-hybridized carbons (Fsp3) is 0.857. The van der Waals surface area contributed by atoms with Crippen LogP contribution in [-0.4, -0.2) is 53.7 Å². The summed E-state index contributed by atoms with van der Waals surface area (Å²) in [6, 6.07) is 1.70. The molecule has 0 aromatic carbocycles. The Labute approximate surface area is 176 Å². The van der Waals surface area contributed by atoms with Crippen LogP contribution in [0.25, 0.3) is 0 Å². The van der Waals surface area contributed by atoms with E-state index in [1.54, 1.807) is 4.68 Å². The molecule has 1 aromatic rings. The first-order valence-corrected chi connectivity index (χ1v) is 12.7. The highest BCUT2D eigenvalue weighted by atomic mass is 32.2. The zero-order valence-corrected chi connectivity index (χ0v) is 18.8. The summed E-state index contributed by atoms with van der Waals surface area (Å²) < 4.78 is 64.5. The molecule has 3 aliphatic rings. The van der Waals surface area contributed by atoms with Crippen molar-refractivity contribution in [3.63, 3.8) is 0 Å². The molecule has 1 aliphatic carbocycles. The molecule has 0 N–H and O–H groups in total. The van der Waals surface area contributed by atoms with E-state index < -0.39 is 27.2 Å². The van der Waals surface area contributed by atoms with Crippen LogP contribution in [0.4, 0.5) is 13.2 Å². The summed E-state index contributed by atoms with van der Waals surface area (Å²) in [5, 5.41) is 3.91. The van der Waals surface area contributed by atoms with Crippen molar-refractivity contribution in [2.45, 2.75) is 83.0 Å². The SMILES string of the molecule is CC(C)(C)n1nc(C(F)(F)F)cc1[C@H]1CC[C@@H](N2CCC3(CC2)CS(=O)(=O)C3)CC1. The molecule has 0 bridgehead atoms. The number of nitrogens with zero attached hydrogens (tertiary/aromatic N) is 3. The Balaban J connectivity index is 1.39. The van der Waals surface area contributed by atoms with Crippen molar-refractivity contribution >= 4 is 9.84 Å². The lowest BCUT2D eigenvalue weighted by molar-refractivity contribution is -0.141. The monoisotopic (exact) mass is 447 g/mol. The predicted molar refractivity (Wildman–Crippen MR) is 109 cm³/mol. The number of rotatable bonds is 2. The van der Waals surface area contributed by atoms with Crippen molar-refractivity contribution in [2.24, 2.45) is 5.41 Å². The van der Waals surface area contributed by atoms with Gasteiger partial charge in [0.1, 0.15) is 0 Å². The van der Waals surface area contributed by atoms with Crippen LogP contribution in [0.15, 0.2) is 6.07 Å². The molecule has 1 spiro atoms. The molecule has 0 amide bonds. The third-order valence-corrected chi connectivity index (χ3v) is 9.31. The molecule has 1 saturated carbocycles. The Bertz CT molecular complexity index is 872. The first-order valence-electron chi connectivity index (χ1n) is 10.9. The lowest BCUT2D eigenvalue weighted by Crippen LogP contribution is -2.56. The maximum Gasteiger partial charge on any atom is 0.435 e. The average Bonchev–Trinajstić information content (AvgIpc) is 3.07. The zero-order valence-electron chi connectivity index (χ0n) is 18.0. The van der Waals surface area contributed by atoms with Crippen molar-refractivity contribution in [2.75, 3.05) is 24.6 Å². The molecule has 3 fully saturated rings. The maximum atomic E-state index is 13.3. The van der Waals surface area contributed by atoms with E-state index in [4.69, 9.17) is 0 Å². The van der Waals surface area contributed by atoms with Crippen molar-refractivity contribution in [1.82, 2.24) is 14.7 Å². The quantitative estimate of drug-likeness (QED) is 0.682. The van der Waals surface area contributed by atoms with Crippen molar-refractivity contribution in [1.29, 1.82) is 0 Å². The van der Waals surface area contributed by atoms with Gasteiger partial charge in [-0.05, 0) is 78.5 Å². The summed E-state index contributed by atoms with van der Waals surface area (Å²) in [7, 11) is -2.80. The van der Waals surface area contributed by atoms with Crippen molar-refractivity contribution in [3.8, 4) is 0 Å². The van der Waals surface area contributed by atoms with E-state index in [1.165, 1.54) is 6.07 Å². The van der Waals surface area contributed by atoms with Gasteiger partial charge in [0.05, 0.1) is 17.0 Å². The summed E-state index contributed by atoms with van der Waals surface area (Å²) in [5.74, 6) is 0.787. The molecule has 170 valence electrons. The Morgan fingerprint density at radius 2 is 1.60 bits per heavy atom. The molecule has 2 saturated heterocycles. The minimum absolute atomic E-state index is 0.0136. The van der Waals surface area contributed by atoms with E-state index in [0.29, 0.717) is 23.2 Å². The molecular weight excluding hydrogens is 415 g/mol. The number of halogens is 3. The van der Waals surface area contributed by atoms with E-state index in [0.717, 1.165) is 51.6 Å². The number of piperidine rings is 1. The fourth-order valence-electron chi connectivity index (χ4n) is 5.64. The topological polar surface area (TPSA) is 55.2 Å². The largest absolute Gasteiger partial charge is 0.435 e. The summed E-state index contributed by atoms with van der Waals surface area (Å²) in [6.07, 6.45) is 1.11. The molecule has 2 aliphatic heterocycles. The first-order chi connectivity index (χ1) is 13.8. The third kappa shape index (κ3) is 4.29. The molecule has 1 aromatic heterocycles. The average molecular weight is 448 g/mol. The van der Waals surface area contributed by atoms with Gasteiger partial charge in [0, 0.05) is 23.1 Å². The highest BCUT2D eigenvalue weighted by Crippen LogP contribution is 2.44. The van der Waals surface area contributed by atoms with Gasteiger partial charge in [-0.3, -0.25) is 4.68 Å². The molecule has 3 heterocycles. The van der Waals surface area contributed by atoms with Crippen LogP contribution in [-0.2, 0) is 21.6 Å². The molecule has 0 radical (unpaired) electrons. The summed E-state index contributed by atoms with van der Waals surface area (Å²) in [4.78, 5) is 2.48. The van der Waals surface area contributed by atoms with Gasteiger partial charge in [0.2, 0.25) is 0 Å². The van der Waals surface area contributed by atoms with E-state index in [2.05, 4.69) is 10.00 Å². The molecule has 0 atom stereocenters. The fourth-order valence-corrected chi connectivity index (χ4v) is 8.00. The van der Waals surface area contributed by atoms with Crippen molar-refractivity contribution < 1.29 is 21.6 Å². The molecule has 0 unspecified atom stereocenters. The Morgan fingerprint density at radius 1 is 1.03 bits per heavy atom. The maximum absolute atomic E-state index is 13.3. The van der Waals surface area contributed by atoms with Crippen LogP contribution >= 0.6 is 0 Å². The number of likely N-dealkylation sites (tertiary alicyclic amines) is 1. The third-order valence-electron chi connectivity index (χ3n) is 7.21. The van der Waals surface area contributed by atoms with Gasteiger partial charge in [-0.1, -0.05) is 0 Å². The highest BCUT2D eigenvalue weighted by molar-refractivity contribution is 7.92. The van der Waals surface area contributed by atoms with Gasteiger partial charge in [-0.2, -0.15) is 18.3 Å². The smallest absolute Gasteiger partial charge is 0.300 e. The molecular formula is C21H32F3N3O2S. The second kappa shape index (κ2) is 7.22. The molecule has 5 nitrogen and oxygen atoms in total. The van der Waals surface area contributed by atoms with Crippen LogP contribution in [0.2, 0.25) is 0 Å². The summed E-state index contributed by atoms with van der Waals surface area (Å²) in [5.41, 5.74) is -0.587. The number of hydrogen-bond acceptors (Lipinski definition) is 4. The number of alkyl halides is 3. The van der Waals surface area contributed by atoms with Gasteiger partial charge >= 0.3 is 6.18 Å². The molecule has 9 heteroatoms. The minimum atomic E-state index is -4.43. The standard InChI is InChI=1S/C21H32F3N3O2S/c1-19(2,3)27-17(12-18(25-27)21(22,23)24)15-4-6-16(7-5-15)26-10-8-20(9-11-26)13-30(28,29)14-20/h12,15-16H,4-11,13-14H2,1-3H3/t15-,16+. The van der Waals surface area contributed by atoms with Crippen LogP contribution in [0.1, 0.15) is 76.6 Å². The van der Waals surface area contributed by atoms with Gasteiger partial charge in [0.15, 0.2) is 15.5 Å². The van der Waals surface area contributed by atoms with E-state index >= 15 is 0 Å². The summed E-state index contributed by atoms with van der Waals surface area (Å²) in [6.45, 7) is 7.53. The molecule has 4 rings (SSSR count). The number of sulfone groups is 1. The lowest BCUT2D eigenvalue weighted by atomic mass is 9.78. The summed E-state index contributed by atoms with van der Waals surface area (Å²) >= 11 is 0. The van der Waals surface area contributed by atoms with E-state index in [-0.39, 0.29) is 11.3 Å². The van der Waals surface area contributed by atoms with E-state index in [9.17, 15) is 21.6 Å². The van der Waals surface area contributed by atoms with Crippen LogP contribution in [0, 0.1) is 5.41 Å². The normalized spacial score (nSPS) is 29.7. The zero-order chi connectivity index (χ0) is 21.9. The first kappa shape index (κ1) is 22.1. The van der Waals surface area contributed by atoms with Gasteiger partial charge in [-0.25, -0.2) is 8.42 Å². The van der Waals surface area contributed by atoms with Gasteiger partial charge in [0.25, 0.3) is 0 Å². The Hall–Kier alpha value is -1.09. The minimum Gasteiger partial charge on any atom is -0.300 e. The number of aromatic nitrogens is 2. The second-order valence-corrected chi connectivity index (χ2v) is 12.7. The van der Waals surface area contributed by atoms with Crippen LogP contribution < -0.4 is 0 Å². The van der Waals surface area contributed by atoms with Crippen molar-refractivity contribution in [3.05, 3.63) is 17.5 Å². The number of hydrogen-bond donors (Lipinski definition) is 0. The predicted octanol–water partition coefficient (Wildman–Crippen LogP) is 4.19.